The Kier molecular flexibility index (Phi) is 4.69. The first-order valence-corrected chi connectivity index (χ1v) is 9.72. The molecule has 2 aliphatic rings. The first kappa shape index (κ1) is 18.7. The average molecular weight is 395 g/mol. The first-order chi connectivity index (χ1) is 12.8. The van der Waals surface area contributed by atoms with Crippen LogP contribution in [0, 0.1) is 0 Å². The number of hydrogen-bond donors (Lipinski definition) is 2. The third-order valence-electron chi connectivity index (χ3n) is 5.87. The molecule has 1 saturated heterocycles. The van der Waals surface area contributed by atoms with Crippen molar-refractivity contribution in [3.05, 3.63) is 35.0 Å². The van der Waals surface area contributed by atoms with Gasteiger partial charge in [-0.3, -0.25) is 4.79 Å². The SMILES string of the molecule is CC1(F)CCC(O)(CNC(=O)c2cn(C3COC3)c3cccc(Cl)c23)CC1. The summed E-state index contributed by atoms with van der Waals surface area (Å²) >= 11 is 6.38. The molecule has 7 heteroatoms. The van der Waals surface area contributed by atoms with E-state index < -0.39 is 11.3 Å². The highest BCUT2D eigenvalue weighted by Gasteiger charge is 2.39. The van der Waals surface area contributed by atoms with Gasteiger partial charge in [0.15, 0.2) is 0 Å². The summed E-state index contributed by atoms with van der Waals surface area (Å²) in [6.45, 7) is 2.88. The Morgan fingerprint density at radius 1 is 1.37 bits per heavy atom. The zero-order valence-electron chi connectivity index (χ0n) is 15.3. The maximum absolute atomic E-state index is 14.0. The Balaban J connectivity index is 1.54. The minimum absolute atomic E-state index is 0.103. The van der Waals surface area contributed by atoms with Crippen molar-refractivity contribution in [3.8, 4) is 0 Å². The number of amides is 1. The van der Waals surface area contributed by atoms with Crippen molar-refractivity contribution in [2.24, 2.45) is 0 Å². The van der Waals surface area contributed by atoms with Gasteiger partial charge in [-0.2, -0.15) is 0 Å². The van der Waals surface area contributed by atoms with E-state index in [4.69, 9.17) is 16.3 Å². The Labute approximate surface area is 162 Å². The summed E-state index contributed by atoms with van der Waals surface area (Å²) in [4.78, 5) is 12.9. The largest absolute Gasteiger partial charge is 0.388 e. The van der Waals surface area contributed by atoms with Gasteiger partial charge < -0.3 is 19.7 Å². The summed E-state index contributed by atoms with van der Waals surface area (Å²) < 4.78 is 21.3. The number of benzene rings is 1. The van der Waals surface area contributed by atoms with E-state index >= 15 is 0 Å². The van der Waals surface area contributed by atoms with Crippen LogP contribution in [0.4, 0.5) is 4.39 Å². The van der Waals surface area contributed by atoms with E-state index in [0.29, 0.717) is 54.9 Å². The molecule has 1 aromatic carbocycles. The van der Waals surface area contributed by atoms with Gasteiger partial charge in [0, 0.05) is 18.1 Å². The molecule has 2 fully saturated rings. The van der Waals surface area contributed by atoms with Gasteiger partial charge >= 0.3 is 0 Å². The number of hydrogen-bond acceptors (Lipinski definition) is 3. The molecule has 1 saturated carbocycles. The number of aromatic nitrogens is 1. The van der Waals surface area contributed by atoms with Crippen LogP contribution in [0.2, 0.25) is 5.02 Å². The monoisotopic (exact) mass is 394 g/mol. The van der Waals surface area contributed by atoms with E-state index in [0.717, 1.165) is 5.52 Å². The van der Waals surface area contributed by atoms with Crippen LogP contribution >= 0.6 is 11.6 Å². The van der Waals surface area contributed by atoms with Crippen LogP contribution in [-0.2, 0) is 4.74 Å². The van der Waals surface area contributed by atoms with Crippen LogP contribution in [0.1, 0.15) is 49.0 Å². The lowest BCUT2D eigenvalue weighted by Crippen LogP contribution is -2.47. The van der Waals surface area contributed by atoms with E-state index in [-0.39, 0.29) is 18.5 Å². The maximum Gasteiger partial charge on any atom is 0.253 e. The Hall–Kier alpha value is -1.63. The second-order valence-corrected chi connectivity index (χ2v) is 8.50. The smallest absolute Gasteiger partial charge is 0.253 e. The minimum Gasteiger partial charge on any atom is -0.388 e. The number of nitrogens with zero attached hydrogens (tertiary/aromatic N) is 1. The Morgan fingerprint density at radius 2 is 2.07 bits per heavy atom. The fraction of sp³-hybridized carbons (Fsp3) is 0.550. The molecule has 0 bridgehead atoms. The van der Waals surface area contributed by atoms with Gasteiger partial charge in [-0.25, -0.2) is 4.39 Å². The van der Waals surface area contributed by atoms with Gasteiger partial charge in [-0.05, 0) is 44.7 Å². The van der Waals surface area contributed by atoms with Crippen LogP contribution in [0.3, 0.4) is 0 Å². The summed E-state index contributed by atoms with van der Waals surface area (Å²) in [7, 11) is 0. The van der Waals surface area contributed by atoms with Gasteiger partial charge in [0.1, 0.15) is 5.67 Å². The van der Waals surface area contributed by atoms with Crippen molar-refractivity contribution in [3.63, 3.8) is 0 Å². The number of aliphatic hydroxyl groups is 1. The molecular weight excluding hydrogens is 371 g/mol. The van der Waals surface area contributed by atoms with Crippen molar-refractivity contribution in [1.82, 2.24) is 9.88 Å². The number of fused-ring (bicyclic) bond motifs is 1. The second kappa shape index (κ2) is 6.76. The molecule has 146 valence electrons. The summed E-state index contributed by atoms with van der Waals surface area (Å²) in [6, 6.07) is 5.75. The quantitative estimate of drug-likeness (QED) is 0.832. The molecular formula is C20H24ClFN2O3. The molecule has 2 heterocycles. The van der Waals surface area contributed by atoms with Crippen LogP contribution in [0.15, 0.2) is 24.4 Å². The van der Waals surface area contributed by atoms with Crippen molar-refractivity contribution < 1.29 is 19.0 Å². The maximum atomic E-state index is 14.0. The van der Waals surface area contributed by atoms with E-state index in [9.17, 15) is 14.3 Å². The molecule has 0 atom stereocenters. The molecule has 1 aromatic heterocycles. The molecule has 2 N–H and O–H groups in total. The highest BCUT2D eigenvalue weighted by molar-refractivity contribution is 6.36. The normalized spacial score (nSPS) is 28.9. The van der Waals surface area contributed by atoms with Gasteiger partial charge in [0.25, 0.3) is 5.91 Å². The second-order valence-electron chi connectivity index (χ2n) is 8.10. The number of ether oxygens (including phenoxy) is 1. The van der Waals surface area contributed by atoms with Gasteiger partial charge in [-0.15, -0.1) is 0 Å². The van der Waals surface area contributed by atoms with Crippen LogP contribution in [-0.4, -0.2) is 46.6 Å². The molecule has 1 aliphatic heterocycles. The Bertz CT molecular complexity index is 865. The van der Waals surface area contributed by atoms with Crippen LogP contribution in [0.5, 0.6) is 0 Å². The zero-order valence-corrected chi connectivity index (χ0v) is 16.1. The number of carbonyl (C=O) groups is 1. The lowest BCUT2D eigenvalue weighted by atomic mass is 9.78. The predicted molar refractivity (Wildman–Crippen MR) is 102 cm³/mol. The fourth-order valence-corrected chi connectivity index (χ4v) is 4.15. The van der Waals surface area contributed by atoms with Crippen molar-refractivity contribution in [2.45, 2.75) is 49.9 Å². The highest BCUT2D eigenvalue weighted by atomic mass is 35.5. The number of alkyl halides is 1. The van der Waals surface area contributed by atoms with E-state index in [1.165, 1.54) is 0 Å². The third kappa shape index (κ3) is 3.58. The van der Waals surface area contributed by atoms with Gasteiger partial charge in [0.05, 0.1) is 41.0 Å². The van der Waals surface area contributed by atoms with Crippen LogP contribution in [0.25, 0.3) is 10.9 Å². The van der Waals surface area contributed by atoms with Crippen molar-refractivity contribution in [2.75, 3.05) is 19.8 Å². The highest BCUT2D eigenvalue weighted by Crippen LogP contribution is 2.37. The fourth-order valence-electron chi connectivity index (χ4n) is 3.88. The molecule has 0 spiro atoms. The number of nitrogens with one attached hydrogen (secondary N) is 1. The molecule has 1 amide bonds. The van der Waals surface area contributed by atoms with E-state index in [1.54, 1.807) is 13.0 Å². The van der Waals surface area contributed by atoms with Gasteiger partial charge in [0.2, 0.25) is 0 Å². The number of halogens is 2. The van der Waals surface area contributed by atoms with E-state index in [2.05, 4.69) is 5.32 Å². The molecule has 5 nitrogen and oxygen atoms in total. The Morgan fingerprint density at radius 3 is 2.70 bits per heavy atom. The van der Waals surface area contributed by atoms with Gasteiger partial charge in [-0.1, -0.05) is 17.7 Å². The van der Waals surface area contributed by atoms with E-state index in [1.807, 2.05) is 22.9 Å². The lowest BCUT2D eigenvalue weighted by molar-refractivity contribution is -0.0374. The number of rotatable bonds is 4. The molecule has 27 heavy (non-hydrogen) atoms. The number of carbonyl (C=O) groups excluding carboxylic acids is 1. The summed E-state index contributed by atoms with van der Waals surface area (Å²) in [6.07, 6.45) is 3.07. The molecule has 0 radical (unpaired) electrons. The predicted octanol–water partition coefficient (Wildman–Crippen LogP) is 3.63. The summed E-state index contributed by atoms with van der Waals surface area (Å²) in [5.74, 6) is -0.283. The molecule has 2 aromatic rings. The standard InChI is InChI=1S/C20H24ClFN2O3/c1-19(22)5-7-20(26,8-6-19)12-23-18(25)14-9-24(13-10-27-11-13)16-4-2-3-15(21)17(14)16/h2-4,9,13,26H,5-8,10-12H2,1H3,(H,23,25). The zero-order chi connectivity index (χ0) is 19.2. The van der Waals surface area contributed by atoms with Crippen LogP contribution < -0.4 is 5.32 Å². The third-order valence-corrected chi connectivity index (χ3v) is 6.18. The molecule has 0 unspecified atom stereocenters. The molecule has 4 rings (SSSR count). The topological polar surface area (TPSA) is 63.5 Å². The summed E-state index contributed by atoms with van der Waals surface area (Å²) in [5, 5.41) is 14.7. The summed E-state index contributed by atoms with van der Waals surface area (Å²) in [5.41, 5.74) is -0.921. The molecule has 1 aliphatic carbocycles. The lowest BCUT2D eigenvalue weighted by Gasteiger charge is -2.37. The van der Waals surface area contributed by atoms with Crippen molar-refractivity contribution in [1.29, 1.82) is 0 Å². The first-order valence-electron chi connectivity index (χ1n) is 9.34. The van der Waals surface area contributed by atoms with Crippen molar-refractivity contribution >= 4 is 28.4 Å². The average Bonchev–Trinajstić information content (AvgIpc) is 2.96. The minimum atomic E-state index is -1.23.